The Morgan fingerprint density at radius 2 is 2.14 bits per heavy atom. The minimum Gasteiger partial charge on any atom is -0.391 e. The first-order valence-electron chi connectivity index (χ1n) is 5.01. The zero-order valence-electron chi connectivity index (χ0n) is 9.04. The average Bonchev–Trinajstić information content (AvgIpc) is 2.52. The molecule has 1 fully saturated rings. The van der Waals surface area contributed by atoms with Gasteiger partial charge in [-0.05, 0) is 33.1 Å². The van der Waals surface area contributed by atoms with Crippen molar-refractivity contribution in [3.8, 4) is 0 Å². The van der Waals surface area contributed by atoms with E-state index in [1.54, 1.807) is 13.8 Å². The van der Waals surface area contributed by atoms with Crippen LogP contribution in [0.1, 0.15) is 33.1 Å². The zero-order valence-corrected chi connectivity index (χ0v) is 9.04. The quantitative estimate of drug-likeness (QED) is 0.696. The van der Waals surface area contributed by atoms with Crippen molar-refractivity contribution in [2.24, 2.45) is 0 Å². The Balaban J connectivity index is 2.48. The number of hydrogen-bond donors (Lipinski definition) is 2. The van der Waals surface area contributed by atoms with Crippen LogP contribution in [0.25, 0.3) is 0 Å². The maximum Gasteiger partial charge on any atom is 0.251 e. The van der Waals surface area contributed by atoms with Gasteiger partial charge in [0, 0.05) is 7.11 Å². The third-order valence-corrected chi connectivity index (χ3v) is 2.85. The molecule has 2 atom stereocenters. The molecule has 1 aliphatic carbocycles. The summed E-state index contributed by atoms with van der Waals surface area (Å²) in [6, 6.07) is -0.100. The van der Waals surface area contributed by atoms with Gasteiger partial charge >= 0.3 is 0 Å². The van der Waals surface area contributed by atoms with Crippen molar-refractivity contribution >= 4 is 5.91 Å². The Hall–Kier alpha value is -0.610. The summed E-state index contributed by atoms with van der Waals surface area (Å²) in [6.07, 6.45) is 2.21. The number of carbonyl (C=O) groups excluding carboxylic acids is 1. The van der Waals surface area contributed by atoms with E-state index < -0.39 is 11.7 Å². The molecule has 4 heteroatoms. The molecule has 1 amide bonds. The monoisotopic (exact) mass is 201 g/mol. The van der Waals surface area contributed by atoms with Gasteiger partial charge in [-0.1, -0.05) is 0 Å². The van der Waals surface area contributed by atoms with Crippen LogP contribution in [0.3, 0.4) is 0 Å². The summed E-state index contributed by atoms with van der Waals surface area (Å²) >= 11 is 0. The molecule has 0 saturated heterocycles. The molecule has 0 heterocycles. The fourth-order valence-corrected chi connectivity index (χ4v) is 1.54. The summed E-state index contributed by atoms with van der Waals surface area (Å²) in [6.45, 7) is 3.42. The number of ether oxygens (including phenoxy) is 1. The molecule has 14 heavy (non-hydrogen) atoms. The highest BCUT2D eigenvalue weighted by Crippen LogP contribution is 2.20. The summed E-state index contributed by atoms with van der Waals surface area (Å²) in [7, 11) is 1.50. The van der Waals surface area contributed by atoms with Gasteiger partial charge in [-0.3, -0.25) is 4.79 Å². The number of carbonyl (C=O) groups is 1. The van der Waals surface area contributed by atoms with Crippen molar-refractivity contribution in [3.63, 3.8) is 0 Å². The van der Waals surface area contributed by atoms with Gasteiger partial charge in [-0.2, -0.15) is 0 Å². The molecule has 1 aliphatic rings. The summed E-state index contributed by atoms with van der Waals surface area (Å²) < 4.78 is 5.05. The Kier molecular flexibility index (Phi) is 3.50. The van der Waals surface area contributed by atoms with Crippen molar-refractivity contribution in [3.05, 3.63) is 0 Å². The van der Waals surface area contributed by atoms with Crippen LogP contribution >= 0.6 is 0 Å². The van der Waals surface area contributed by atoms with Gasteiger partial charge in [0.25, 0.3) is 5.91 Å². The largest absolute Gasteiger partial charge is 0.391 e. The highest BCUT2D eigenvalue weighted by molar-refractivity contribution is 5.84. The average molecular weight is 201 g/mol. The number of amides is 1. The number of aliphatic hydroxyl groups excluding tert-OH is 1. The lowest BCUT2D eigenvalue weighted by Gasteiger charge is -2.25. The van der Waals surface area contributed by atoms with Gasteiger partial charge in [-0.25, -0.2) is 0 Å². The fraction of sp³-hybridized carbons (Fsp3) is 0.900. The van der Waals surface area contributed by atoms with Crippen LogP contribution in [-0.4, -0.2) is 35.9 Å². The first-order valence-corrected chi connectivity index (χ1v) is 5.01. The predicted octanol–water partition coefficient (Wildman–Crippen LogP) is 0.441. The van der Waals surface area contributed by atoms with E-state index in [-0.39, 0.29) is 11.9 Å². The second kappa shape index (κ2) is 4.28. The smallest absolute Gasteiger partial charge is 0.251 e. The topological polar surface area (TPSA) is 58.6 Å². The third kappa shape index (κ3) is 2.45. The molecular formula is C10H19NO3. The molecule has 0 aromatic rings. The van der Waals surface area contributed by atoms with E-state index in [2.05, 4.69) is 5.32 Å². The minimum atomic E-state index is -0.817. The molecule has 0 radical (unpaired) electrons. The highest BCUT2D eigenvalue weighted by Gasteiger charge is 2.33. The molecule has 1 saturated carbocycles. The molecule has 0 aromatic carbocycles. The second-order valence-corrected chi connectivity index (χ2v) is 4.29. The van der Waals surface area contributed by atoms with Gasteiger partial charge < -0.3 is 15.2 Å². The van der Waals surface area contributed by atoms with Crippen molar-refractivity contribution in [1.29, 1.82) is 0 Å². The highest BCUT2D eigenvalue weighted by atomic mass is 16.5. The Morgan fingerprint density at radius 1 is 1.50 bits per heavy atom. The molecule has 4 nitrogen and oxygen atoms in total. The molecule has 0 aromatic heterocycles. The standard InChI is InChI=1S/C10H19NO3/c1-10(2,14-3)9(13)11-7-5-4-6-8(7)12/h7-8,12H,4-6H2,1-3H3,(H,11,13). The van der Waals surface area contributed by atoms with E-state index in [1.165, 1.54) is 7.11 Å². The van der Waals surface area contributed by atoms with Crippen LogP contribution in [-0.2, 0) is 9.53 Å². The lowest BCUT2D eigenvalue weighted by atomic mass is 10.1. The van der Waals surface area contributed by atoms with Crippen molar-refractivity contribution in [2.75, 3.05) is 7.11 Å². The minimum absolute atomic E-state index is 0.100. The summed E-state index contributed by atoms with van der Waals surface area (Å²) in [5.41, 5.74) is -0.817. The van der Waals surface area contributed by atoms with Crippen LogP contribution in [0.2, 0.25) is 0 Å². The van der Waals surface area contributed by atoms with Crippen LogP contribution in [0, 0.1) is 0 Å². The predicted molar refractivity (Wildman–Crippen MR) is 52.9 cm³/mol. The van der Waals surface area contributed by atoms with Gasteiger partial charge in [0.1, 0.15) is 5.60 Å². The van der Waals surface area contributed by atoms with E-state index in [4.69, 9.17) is 4.74 Å². The van der Waals surface area contributed by atoms with Crippen molar-refractivity contribution < 1.29 is 14.6 Å². The first kappa shape index (κ1) is 11.5. The van der Waals surface area contributed by atoms with E-state index in [0.29, 0.717) is 0 Å². The van der Waals surface area contributed by atoms with E-state index in [0.717, 1.165) is 19.3 Å². The lowest BCUT2D eigenvalue weighted by molar-refractivity contribution is -0.140. The molecular weight excluding hydrogens is 182 g/mol. The van der Waals surface area contributed by atoms with Crippen molar-refractivity contribution in [1.82, 2.24) is 5.32 Å². The number of aliphatic hydroxyl groups is 1. The maximum absolute atomic E-state index is 11.7. The molecule has 82 valence electrons. The van der Waals surface area contributed by atoms with Crippen LogP contribution < -0.4 is 5.32 Å². The van der Waals surface area contributed by atoms with E-state index in [9.17, 15) is 9.90 Å². The van der Waals surface area contributed by atoms with E-state index in [1.807, 2.05) is 0 Å². The molecule has 0 aliphatic heterocycles. The zero-order chi connectivity index (χ0) is 10.8. The van der Waals surface area contributed by atoms with Crippen LogP contribution in [0.4, 0.5) is 0 Å². The Labute approximate surface area is 84.6 Å². The first-order chi connectivity index (χ1) is 6.47. The van der Waals surface area contributed by atoms with Gasteiger partial charge in [0.15, 0.2) is 0 Å². The van der Waals surface area contributed by atoms with Crippen LogP contribution in [0.15, 0.2) is 0 Å². The summed E-state index contributed by atoms with van der Waals surface area (Å²) in [5, 5.41) is 12.3. The summed E-state index contributed by atoms with van der Waals surface area (Å²) in [5.74, 6) is -0.161. The Bertz CT molecular complexity index is 215. The number of hydrogen-bond acceptors (Lipinski definition) is 3. The van der Waals surface area contributed by atoms with Crippen molar-refractivity contribution in [2.45, 2.75) is 50.9 Å². The van der Waals surface area contributed by atoms with Crippen LogP contribution in [0.5, 0.6) is 0 Å². The van der Waals surface area contributed by atoms with E-state index >= 15 is 0 Å². The SMILES string of the molecule is COC(C)(C)C(=O)NC1CCCC1O. The molecule has 2 unspecified atom stereocenters. The third-order valence-electron chi connectivity index (χ3n) is 2.85. The molecule has 2 N–H and O–H groups in total. The second-order valence-electron chi connectivity index (χ2n) is 4.29. The van der Waals surface area contributed by atoms with Gasteiger partial charge in [0.2, 0.25) is 0 Å². The van der Waals surface area contributed by atoms with Gasteiger partial charge in [0.05, 0.1) is 12.1 Å². The normalized spacial score (nSPS) is 27.7. The Morgan fingerprint density at radius 3 is 2.57 bits per heavy atom. The number of methoxy groups -OCH3 is 1. The van der Waals surface area contributed by atoms with Gasteiger partial charge in [-0.15, -0.1) is 0 Å². The number of rotatable bonds is 3. The molecule has 0 spiro atoms. The number of nitrogens with one attached hydrogen (secondary N) is 1. The molecule has 1 rings (SSSR count). The maximum atomic E-state index is 11.7. The molecule has 0 bridgehead atoms. The fourth-order valence-electron chi connectivity index (χ4n) is 1.54. The summed E-state index contributed by atoms with van der Waals surface area (Å²) in [4.78, 5) is 11.7. The lowest BCUT2D eigenvalue weighted by Crippen LogP contribution is -2.49.